The highest BCUT2D eigenvalue weighted by atomic mass is 35.5. The van der Waals surface area contributed by atoms with Crippen molar-refractivity contribution in [3.8, 4) is 0 Å². The van der Waals surface area contributed by atoms with Gasteiger partial charge in [-0.3, -0.25) is 0 Å². The van der Waals surface area contributed by atoms with Crippen LogP contribution in [0.1, 0.15) is 13.8 Å². The smallest absolute Gasteiger partial charge is 0.0992 e. The minimum atomic E-state index is 0.253. The third-order valence-electron chi connectivity index (χ3n) is 1.10. The van der Waals surface area contributed by atoms with E-state index in [2.05, 4.69) is 0 Å². The van der Waals surface area contributed by atoms with Crippen LogP contribution in [0.2, 0.25) is 0 Å². The molecule has 2 nitrogen and oxygen atoms in total. The minimum Gasteiger partial charge on any atom is -0.402 e. The van der Waals surface area contributed by atoms with E-state index in [4.69, 9.17) is 23.1 Å². The van der Waals surface area contributed by atoms with Crippen molar-refractivity contribution >= 4 is 11.6 Å². The molecule has 3 heteroatoms. The Bertz CT molecular complexity index is 155. The van der Waals surface area contributed by atoms with Crippen LogP contribution in [0, 0.1) is 5.92 Å². The van der Waals surface area contributed by atoms with Gasteiger partial charge in [-0.25, -0.2) is 0 Å². The Hall–Kier alpha value is -0.630. The first-order valence-electron chi connectivity index (χ1n) is 3.12. The zero-order valence-electron chi connectivity index (χ0n) is 6.26. The molecule has 0 heterocycles. The topological polar surface area (TPSA) is 52.0 Å². The van der Waals surface area contributed by atoms with Gasteiger partial charge in [-0.05, 0) is 18.1 Å². The quantitative estimate of drug-likeness (QED) is 0.476. The molecule has 0 unspecified atom stereocenters. The van der Waals surface area contributed by atoms with Crippen molar-refractivity contribution in [2.45, 2.75) is 13.8 Å². The van der Waals surface area contributed by atoms with Gasteiger partial charge < -0.3 is 11.5 Å². The molecular formula is C7H13ClN2. The highest BCUT2D eigenvalue weighted by Gasteiger charge is 1.93. The van der Waals surface area contributed by atoms with Crippen molar-refractivity contribution in [1.82, 2.24) is 0 Å². The zero-order chi connectivity index (χ0) is 8.15. The van der Waals surface area contributed by atoms with Crippen LogP contribution in [0.4, 0.5) is 0 Å². The maximum absolute atomic E-state index is 5.57. The predicted octanol–water partition coefficient (Wildman–Crippen LogP) is 1.52. The first-order valence-corrected chi connectivity index (χ1v) is 3.50. The van der Waals surface area contributed by atoms with Gasteiger partial charge in [0.1, 0.15) is 0 Å². The van der Waals surface area contributed by atoms with Crippen molar-refractivity contribution in [2.75, 3.05) is 0 Å². The Labute approximate surface area is 66.5 Å². The summed E-state index contributed by atoms with van der Waals surface area (Å²) in [6.45, 7) is 4.01. The second-order valence-corrected chi connectivity index (χ2v) is 2.81. The number of hydrogen-bond donors (Lipinski definition) is 2. The van der Waals surface area contributed by atoms with Crippen LogP contribution in [0.25, 0.3) is 0 Å². The van der Waals surface area contributed by atoms with Gasteiger partial charge in [0, 0.05) is 5.70 Å². The van der Waals surface area contributed by atoms with Crippen LogP contribution in [0.15, 0.2) is 23.0 Å². The second kappa shape index (κ2) is 4.23. The zero-order valence-corrected chi connectivity index (χ0v) is 7.02. The van der Waals surface area contributed by atoms with Crippen LogP contribution < -0.4 is 11.5 Å². The van der Waals surface area contributed by atoms with Gasteiger partial charge in [-0.2, -0.15) is 0 Å². The molecule has 0 aromatic rings. The molecule has 0 rings (SSSR count). The number of allylic oxidation sites excluding steroid dienone is 3. The standard InChI is InChI=1S/C7H13ClN2/c1-5(2)6(9)3-4-7(8)10/h3-5H,9-10H2,1-2H3/b6-3-,7-4-. The van der Waals surface area contributed by atoms with Gasteiger partial charge in [0.05, 0.1) is 5.16 Å². The highest BCUT2D eigenvalue weighted by Crippen LogP contribution is 2.02. The lowest BCUT2D eigenvalue weighted by Gasteiger charge is -2.01. The highest BCUT2D eigenvalue weighted by molar-refractivity contribution is 6.29. The Morgan fingerprint density at radius 1 is 1.30 bits per heavy atom. The summed E-state index contributed by atoms with van der Waals surface area (Å²) in [5.74, 6) is 0.340. The third kappa shape index (κ3) is 4.27. The van der Waals surface area contributed by atoms with Crippen molar-refractivity contribution in [3.63, 3.8) is 0 Å². The van der Waals surface area contributed by atoms with E-state index >= 15 is 0 Å². The fourth-order valence-corrected chi connectivity index (χ4v) is 0.431. The number of nitrogens with two attached hydrogens (primary N) is 2. The molecule has 0 aliphatic carbocycles. The fourth-order valence-electron chi connectivity index (χ4n) is 0.368. The molecule has 0 saturated heterocycles. The molecule has 0 aliphatic heterocycles. The molecule has 10 heavy (non-hydrogen) atoms. The number of halogens is 1. The Balaban J connectivity index is 4.05. The molecule has 0 atom stereocenters. The molecule has 0 fully saturated rings. The second-order valence-electron chi connectivity index (χ2n) is 2.37. The van der Waals surface area contributed by atoms with E-state index < -0.39 is 0 Å². The Kier molecular flexibility index (Phi) is 3.96. The molecule has 4 N–H and O–H groups in total. The van der Waals surface area contributed by atoms with E-state index in [1.807, 2.05) is 13.8 Å². The summed E-state index contributed by atoms with van der Waals surface area (Å²) in [5.41, 5.74) is 11.5. The predicted molar refractivity (Wildman–Crippen MR) is 45.2 cm³/mol. The fraction of sp³-hybridized carbons (Fsp3) is 0.429. The van der Waals surface area contributed by atoms with E-state index in [1.54, 1.807) is 12.2 Å². The third-order valence-corrected chi connectivity index (χ3v) is 1.23. The monoisotopic (exact) mass is 160 g/mol. The molecule has 58 valence electrons. The summed E-state index contributed by atoms with van der Waals surface area (Å²) < 4.78 is 0. The Morgan fingerprint density at radius 2 is 1.80 bits per heavy atom. The minimum absolute atomic E-state index is 0.253. The lowest BCUT2D eigenvalue weighted by molar-refractivity contribution is 0.757. The van der Waals surface area contributed by atoms with Crippen LogP contribution >= 0.6 is 11.6 Å². The molecule has 0 spiro atoms. The van der Waals surface area contributed by atoms with Crippen LogP contribution in [0.5, 0.6) is 0 Å². The van der Waals surface area contributed by atoms with Gasteiger partial charge in [0.2, 0.25) is 0 Å². The maximum Gasteiger partial charge on any atom is 0.0992 e. The van der Waals surface area contributed by atoms with Gasteiger partial charge in [-0.15, -0.1) is 0 Å². The molecule has 0 bridgehead atoms. The van der Waals surface area contributed by atoms with E-state index in [9.17, 15) is 0 Å². The largest absolute Gasteiger partial charge is 0.402 e. The van der Waals surface area contributed by atoms with Crippen molar-refractivity contribution in [2.24, 2.45) is 17.4 Å². The first kappa shape index (κ1) is 9.37. The van der Waals surface area contributed by atoms with Crippen LogP contribution in [0.3, 0.4) is 0 Å². The van der Waals surface area contributed by atoms with E-state index in [-0.39, 0.29) is 5.16 Å². The average Bonchev–Trinajstić information content (AvgIpc) is 1.82. The van der Waals surface area contributed by atoms with Gasteiger partial charge in [0.25, 0.3) is 0 Å². The van der Waals surface area contributed by atoms with E-state index in [0.29, 0.717) is 5.92 Å². The summed E-state index contributed by atoms with van der Waals surface area (Å²) in [4.78, 5) is 0. The maximum atomic E-state index is 5.57. The SMILES string of the molecule is CC(C)/C(N)=C/C=C(\N)Cl. The van der Waals surface area contributed by atoms with Crippen LogP contribution in [-0.2, 0) is 0 Å². The summed E-state index contributed by atoms with van der Waals surface area (Å²) in [6.07, 6.45) is 3.30. The molecule has 0 radical (unpaired) electrons. The van der Waals surface area contributed by atoms with E-state index in [1.165, 1.54) is 0 Å². The lowest BCUT2D eigenvalue weighted by atomic mass is 10.1. The lowest BCUT2D eigenvalue weighted by Crippen LogP contribution is -2.04. The van der Waals surface area contributed by atoms with Crippen molar-refractivity contribution < 1.29 is 0 Å². The van der Waals surface area contributed by atoms with Gasteiger partial charge in [-0.1, -0.05) is 25.4 Å². The van der Waals surface area contributed by atoms with Crippen molar-refractivity contribution in [3.05, 3.63) is 23.0 Å². The van der Waals surface area contributed by atoms with Crippen molar-refractivity contribution in [1.29, 1.82) is 0 Å². The summed E-state index contributed by atoms with van der Waals surface area (Å²) in [5, 5.41) is 0.253. The normalized spacial score (nSPS) is 14.4. The number of rotatable bonds is 2. The number of hydrogen-bond acceptors (Lipinski definition) is 2. The van der Waals surface area contributed by atoms with E-state index in [0.717, 1.165) is 5.70 Å². The Morgan fingerprint density at radius 3 is 2.10 bits per heavy atom. The molecule has 0 aromatic carbocycles. The molecule has 0 aliphatic rings. The van der Waals surface area contributed by atoms with Crippen LogP contribution in [-0.4, -0.2) is 0 Å². The van der Waals surface area contributed by atoms with Gasteiger partial charge >= 0.3 is 0 Å². The molecule has 0 saturated carbocycles. The summed E-state index contributed by atoms with van der Waals surface area (Å²) in [7, 11) is 0. The molecular weight excluding hydrogens is 148 g/mol. The summed E-state index contributed by atoms with van der Waals surface area (Å²) in [6, 6.07) is 0. The molecule has 0 aromatic heterocycles. The first-order chi connectivity index (χ1) is 4.54. The average molecular weight is 161 g/mol. The van der Waals surface area contributed by atoms with Gasteiger partial charge in [0.15, 0.2) is 0 Å². The summed E-state index contributed by atoms with van der Waals surface area (Å²) >= 11 is 5.37. The molecule has 0 amide bonds.